The van der Waals surface area contributed by atoms with Crippen molar-refractivity contribution in [1.82, 2.24) is 0 Å². The second-order valence-corrected chi connectivity index (χ2v) is 9.41. The Morgan fingerprint density at radius 3 is 1.41 bits per heavy atom. The van der Waals surface area contributed by atoms with Crippen molar-refractivity contribution in [2.45, 2.75) is 5.33 Å². The summed E-state index contributed by atoms with van der Waals surface area (Å²) in [6.45, 7) is 0. The zero-order valence-electron chi connectivity index (χ0n) is 15.7. The van der Waals surface area contributed by atoms with Crippen LogP contribution in [0.4, 0.5) is 4.39 Å². The highest BCUT2D eigenvalue weighted by Crippen LogP contribution is 2.32. The second-order valence-electron chi connectivity index (χ2n) is 6.22. The molecule has 4 aromatic rings. The minimum Gasteiger partial charge on any atom is -0.205 e. The molecule has 0 amide bonds. The van der Waals surface area contributed by atoms with Gasteiger partial charge in [-0.25, -0.2) is 4.39 Å². The molecule has 0 spiro atoms. The van der Waals surface area contributed by atoms with Crippen LogP contribution < -0.4 is 15.9 Å². The van der Waals surface area contributed by atoms with E-state index in [2.05, 4.69) is 107 Å². The van der Waals surface area contributed by atoms with Crippen molar-refractivity contribution >= 4 is 51.4 Å². The molecule has 4 aromatic carbocycles. The maximum atomic E-state index is 12.6. The van der Waals surface area contributed by atoms with Gasteiger partial charge in [-0.15, -0.1) is 0 Å². The second kappa shape index (κ2) is 11.3. The van der Waals surface area contributed by atoms with E-state index in [1.165, 1.54) is 22.0 Å². The fourth-order valence-electron chi connectivity index (χ4n) is 2.80. The topological polar surface area (TPSA) is 0 Å². The molecular formula is C25H20BrClFP. The van der Waals surface area contributed by atoms with Crippen molar-refractivity contribution in [3.05, 3.63) is 126 Å². The monoisotopic (exact) mass is 484 g/mol. The molecule has 146 valence electrons. The van der Waals surface area contributed by atoms with Crippen LogP contribution >= 0.6 is 35.5 Å². The van der Waals surface area contributed by atoms with Crippen molar-refractivity contribution < 1.29 is 4.39 Å². The van der Waals surface area contributed by atoms with Crippen molar-refractivity contribution in [2.24, 2.45) is 0 Å². The Morgan fingerprint density at radius 1 is 0.655 bits per heavy atom. The van der Waals surface area contributed by atoms with E-state index in [1.54, 1.807) is 12.1 Å². The Hall–Kier alpha value is -1.99. The highest BCUT2D eigenvalue weighted by atomic mass is 79.9. The lowest BCUT2D eigenvalue weighted by atomic mass is 10.2. The van der Waals surface area contributed by atoms with Crippen molar-refractivity contribution in [2.75, 3.05) is 0 Å². The van der Waals surface area contributed by atoms with Crippen molar-refractivity contribution in [1.29, 1.82) is 0 Å². The predicted octanol–water partition coefficient (Wildman–Crippen LogP) is 6.82. The van der Waals surface area contributed by atoms with Gasteiger partial charge in [0.25, 0.3) is 0 Å². The molecule has 0 N–H and O–H groups in total. The van der Waals surface area contributed by atoms with E-state index in [-0.39, 0.29) is 10.8 Å². The van der Waals surface area contributed by atoms with Crippen LogP contribution in [0, 0.1) is 5.82 Å². The summed E-state index contributed by atoms with van der Waals surface area (Å²) in [5, 5.41) is 5.02. The van der Waals surface area contributed by atoms with Crippen LogP contribution in [0.2, 0.25) is 5.02 Å². The number of halogens is 3. The van der Waals surface area contributed by atoms with Crippen molar-refractivity contribution in [3.63, 3.8) is 0 Å². The van der Waals surface area contributed by atoms with E-state index in [9.17, 15) is 4.39 Å². The molecule has 0 aliphatic carbocycles. The number of hydrogen-bond donors (Lipinski definition) is 0. The molecule has 0 saturated carbocycles. The first-order valence-corrected chi connectivity index (χ1v) is 12.0. The zero-order valence-corrected chi connectivity index (χ0v) is 18.9. The Labute approximate surface area is 186 Å². The van der Waals surface area contributed by atoms with E-state index < -0.39 is 7.92 Å². The average molecular weight is 486 g/mol. The Kier molecular flexibility index (Phi) is 8.43. The summed E-state index contributed by atoms with van der Waals surface area (Å²) in [6, 6.07) is 37.1. The molecule has 4 rings (SSSR count). The summed E-state index contributed by atoms with van der Waals surface area (Å²) < 4.78 is 12.6. The van der Waals surface area contributed by atoms with Gasteiger partial charge in [0.2, 0.25) is 0 Å². The van der Waals surface area contributed by atoms with Crippen LogP contribution in [0.25, 0.3) is 0 Å². The van der Waals surface area contributed by atoms with Crippen LogP contribution in [-0.2, 0) is 5.33 Å². The third-order valence-corrected chi connectivity index (χ3v) is 7.58. The minimum absolute atomic E-state index is 0.171. The third kappa shape index (κ3) is 6.24. The van der Waals surface area contributed by atoms with Gasteiger partial charge in [-0.2, -0.15) is 0 Å². The van der Waals surface area contributed by atoms with Gasteiger partial charge in [0.15, 0.2) is 0 Å². The zero-order chi connectivity index (χ0) is 20.5. The van der Waals surface area contributed by atoms with Crippen LogP contribution in [-0.4, -0.2) is 0 Å². The van der Waals surface area contributed by atoms with Gasteiger partial charge < -0.3 is 0 Å². The quantitative estimate of drug-likeness (QED) is 0.220. The summed E-state index contributed by atoms with van der Waals surface area (Å²) in [7, 11) is -0.446. The number of hydrogen-bond acceptors (Lipinski definition) is 0. The summed E-state index contributed by atoms with van der Waals surface area (Å²) in [5.41, 5.74) is 0.891. The molecule has 0 nitrogen and oxygen atoms in total. The molecule has 0 aliphatic heterocycles. The van der Waals surface area contributed by atoms with Gasteiger partial charge in [-0.1, -0.05) is 125 Å². The summed E-state index contributed by atoms with van der Waals surface area (Å²) in [4.78, 5) is 0. The van der Waals surface area contributed by atoms with Gasteiger partial charge in [0.05, 0.1) is 5.02 Å². The summed E-state index contributed by atoms with van der Waals surface area (Å²) >= 11 is 8.65. The Morgan fingerprint density at radius 2 is 1.07 bits per heavy atom. The molecule has 0 unspecified atom stereocenters. The highest BCUT2D eigenvalue weighted by Gasteiger charge is 2.14. The largest absolute Gasteiger partial charge is 0.205 e. The Bertz CT molecular complexity index is 917. The van der Waals surface area contributed by atoms with Gasteiger partial charge in [0, 0.05) is 5.33 Å². The first-order valence-electron chi connectivity index (χ1n) is 9.14. The van der Waals surface area contributed by atoms with E-state index in [0.717, 1.165) is 5.56 Å². The SMILES string of the molecule is Fc1cc(CBr)ccc1Cl.c1ccc(P(c2ccccc2)c2ccccc2)cc1. The molecule has 0 aromatic heterocycles. The lowest BCUT2D eigenvalue weighted by Gasteiger charge is -2.18. The first kappa shape index (κ1) is 21.7. The van der Waals surface area contributed by atoms with Gasteiger partial charge in [-0.05, 0) is 41.5 Å². The predicted molar refractivity (Wildman–Crippen MR) is 129 cm³/mol. The van der Waals surface area contributed by atoms with E-state index in [1.807, 2.05) is 0 Å². The molecule has 29 heavy (non-hydrogen) atoms. The summed E-state index contributed by atoms with van der Waals surface area (Å²) in [5.74, 6) is -0.362. The third-order valence-electron chi connectivity index (χ3n) is 4.18. The maximum Gasteiger partial charge on any atom is 0.142 e. The molecule has 0 atom stereocenters. The number of alkyl halides is 1. The highest BCUT2D eigenvalue weighted by molar-refractivity contribution is 9.08. The minimum atomic E-state index is -0.446. The molecule has 0 heterocycles. The smallest absolute Gasteiger partial charge is 0.142 e. The number of benzene rings is 4. The normalized spacial score (nSPS) is 10.3. The maximum absolute atomic E-state index is 12.6. The summed E-state index contributed by atoms with van der Waals surface area (Å²) in [6.07, 6.45) is 0. The van der Waals surface area contributed by atoms with E-state index in [0.29, 0.717) is 5.33 Å². The molecule has 4 heteroatoms. The van der Waals surface area contributed by atoms with E-state index in [4.69, 9.17) is 11.6 Å². The molecule has 0 fully saturated rings. The van der Waals surface area contributed by atoms with Crippen LogP contribution in [0.15, 0.2) is 109 Å². The molecular weight excluding hydrogens is 466 g/mol. The van der Waals surface area contributed by atoms with Crippen LogP contribution in [0.5, 0.6) is 0 Å². The fraction of sp³-hybridized carbons (Fsp3) is 0.0400. The standard InChI is InChI=1S/C18H15P.C7H5BrClF/c1-4-10-16(11-5-1)19(17-12-6-2-7-13-17)18-14-8-3-9-15-18;8-4-5-1-2-6(9)7(10)3-5/h1-15H;1-3H,4H2. The average Bonchev–Trinajstić information content (AvgIpc) is 2.79. The van der Waals surface area contributed by atoms with Crippen LogP contribution in [0.3, 0.4) is 0 Å². The molecule has 0 bridgehead atoms. The molecule has 0 radical (unpaired) electrons. The van der Waals surface area contributed by atoms with Gasteiger partial charge in [-0.3, -0.25) is 0 Å². The number of rotatable bonds is 4. The lowest BCUT2D eigenvalue weighted by molar-refractivity contribution is 0.627. The molecule has 0 saturated heterocycles. The van der Waals surface area contributed by atoms with Crippen LogP contribution in [0.1, 0.15) is 5.56 Å². The lowest BCUT2D eigenvalue weighted by Crippen LogP contribution is -2.20. The molecule has 0 aliphatic rings. The van der Waals surface area contributed by atoms with Crippen molar-refractivity contribution in [3.8, 4) is 0 Å². The van der Waals surface area contributed by atoms with Gasteiger partial charge in [0.1, 0.15) is 5.82 Å². The first-order chi connectivity index (χ1) is 14.2. The van der Waals surface area contributed by atoms with Gasteiger partial charge >= 0.3 is 0 Å². The Balaban J connectivity index is 0.000000204. The van der Waals surface area contributed by atoms with E-state index >= 15 is 0 Å². The fourth-order valence-corrected chi connectivity index (χ4v) is 5.57.